The lowest BCUT2D eigenvalue weighted by Gasteiger charge is -2.17. The Bertz CT molecular complexity index is 597. The quantitative estimate of drug-likeness (QED) is 0.760. The summed E-state index contributed by atoms with van der Waals surface area (Å²) in [6.45, 7) is 1.37. The molecule has 0 amide bonds. The summed E-state index contributed by atoms with van der Waals surface area (Å²) in [4.78, 5) is 2.44. The van der Waals surface area contributed by atoms with E-state index in [0.717, 1.165) is 10.8 Å². The van der Waals surface area contributed by atoms with Gasteiger partial charge in [0.1, 0.15) is 12.4 Å². The normalized spacial score (nSPS) is 15.7. The first-order chi connectivity index (χ1) is 9.82. The summed E-state index contributed by atoms with van der Waals surface area (Å²) in [5, 5.41) is 0. The van der Waals surface area contributed by atoms with E-state index in [1.807, 2.05) is 0 Å². The van der Waals surface area contributed by atoms with Crippen LogP contribution in [-0.2, 0) is 10.0 Å². The van der Waals surface area contributed by atoms with E-state index in [0.29, 0.717) is 24.1 Å². The molecule has 1 fully saturated rings. The predicted octanol–water partition coefficient (Wildman–Crippen LogP) is 0.992. The van der Waals surface area contributed by atoms with E-state index in [4.69, 9.17) is 10.5 Å². The number of benzene rings is 1. The van der Waals surface area contributed by atoms with Crippen molar-refractivity contribution < 1.29 is 13.2 Å². The summed E-state index contributed by atoms with van der Waals surface area (Å²) in [5.41, 5.74) is 6.23. The second-order valence-electron chi connectivity index (χ2n) is 5.55. The first-order valence-corrected chi connectivity index (χ1v) is 8.41. The monoisotopic (exact) mass is 313 g/mol. The molecule has 7 heteroatoms. The van der Waals surface area contributed by atoms with Crippen molar-refractivity contribution in [3.05, 3.63) is 18.2 Å². The molecule has 2 N–H and O–H groups in total. The zero-order valence-corrected chi connectivity index (χ0v) is 13.6. The second-order valence-corrected chi connectivity index (χ2v) is 7.70. The summed E-state index contributed by atoms with van der Waals surface area (Å²) in [6, 6.07) is 5.27. The third kappa shape index (κ3) is 3.87. The van der Waals surface area contributed by atoms with Crippen molar-refractivity contribution in [3.63, 3.8) is 0 Å². The molecule has 0 unspecified atom stereocenters. The molecule has 0 spiro atoms. The Kier molecular flexibility index (Phi) is 4.75. The maximum Gasteiger partial charge on any atom is 0.242 e. The Morgan fingerprint density at radius 3 is 2.48 bits per heavy atom. The fraction of sp³-hybridized carbons (Fsp3) is 0.571. The Labute approximate surface area is 126 Å². The van der Waals surface area contributed by atoms with Crippen LogP contribution in [0.3, 0.4) is 0 Å². The Morgan fingerprint density at radius 2 is 1.95 bits per heavy atom. The molecule has 2 rings (SSSR count). The molecule has 0 atom stereocenters. The summed E-state index contributed by atoms with van der Waals surface area (Å²) < 4.78 is 30.8. The molecule has 0 aliphatic heterocycles. The highest BCUT2D eigenvalue weighted by molar-refractivity contribution is 7.89. The molecule has 118 valence electrons. The number of ether oxygens (including phenoxy) is 1. The summed E-state index contributed by atoms with van der Waals surface area (Å²) in [7, 11) is 1.60. The van der Waals surface area contributed by atoms with Crippen LogP contribution in [0.15, 0.2) is 23.1 Å². The maximum atomic E-state index is 12.0. The summed E-state index contributed by atoms with van der Waals surface area (Å²) >= 11 is 0. The maximum absolute atomic E-state index is 12.0. The highest BCUT2D eigenvalue weighted by Gasteiger charge is 2.25. The van der Waals surface area contributed by atoms with Crippen LogP contribution in [0.5, 0.6) is 5.75 Å². The third-order valence-electron chi connectivity index (χ3n) is 3.63. The summed E-state index contributed by atoms with van der Waals surface area (Å²) in [5.74, 6) is 0.525. The van der Waals surface area contributed by atoms with E-state index < -0.39 is 10.0 Å². The van der Waals surface area contributed by atoms with Gasteiger partial charge in [-0.1, -0.05) is 0 Å². The van der Waals surface area contributed by atoms with Gasteiger partial charge in [-0.2, -0.15) is 0 Å². The van der Waals surface area contributed by atoms with Crippen molar-refractivity contribution in [1.29, 1.82) is 0 Å². The smallest absolute Gasteiger partial charge is 0.242 e. The number of nitrogen functional groups attached to an aromatic ring is 1. The Balaban J connectivity index is 1.99. The zero-order valence-electron chi connectivity index (χ0n) is 12.7. The van der Waals surface area contributed by atoms with E-state index in [1.165, 1.54) is 39.1 Å². The topological polar surface area (TPSA) is 75.9 Å². The molecular weight excluding hydrogens is 290 g/mol. The molecule has 0 saturated heterocycles. The summed E-state index contributed by atoms with van der Waals surface area (Å²) in [6.07, 6.45) is 2.52. The van der Waals surface area contributed by atoms with Gasteiger partial charge in [0.2, 0.25) is 10.0 Å². The van der Waals surface area contributed by atoms with Crippen LogP contribution >= 0.6 is 0 Å². The van der Waals surface area contributed by atoms with Gasteiger partial charge in [0.25, 0.3) is 0 Å². The Morgan fingerprint density at radius 1 is 1.29 bits per heavy atom. The minimum atomic E-state index is -3.46. The molecular formula is C14H23N3O3S. The third-order valence-corrected chi connectivity index (χ3v) is 5.44. The van der Waals surface area contributed by atoms with Crippen molar-refractivity contribution in [2.75, 3.05) is 40.0 Å². The van der Waals surface area contributed by atoms with E-state index in [-0.39, 0.29) is 4.90 Å². The van der Waals surface area contributed by atoms with Crippen molar-refractivity contribution in [2.24, 2.45) is 0 Å². The van der Waals surface area contributed by atoms with E-state index in [2.05, 4.69) is 11.9 Å². The van der Waals surface area contributed by atoms with Crippen molar-refractivity contribution in [3.8, 4) is 5.75 Å². The average molecular weight is 313 g/mol. The van der Waals surface area contributed by atoms with Crippen LogP contribution in [0, 0.1) is 0 Å². The van der Waals surface area contributed by atoms with Crippen LogP contribution in [0.1, 0.15) is 12.8 Å². The van der Waals surface area contributed by atoms with Crippen LogP contribution in [0.25, 0.3) is 0 Å². The molecule has 0 heterocycles. The standard InChI is InChI=1S/C14H23N3O3S/c1-16(2)21(18,19)12-6-7-14(13(15)10-12)20-9-8-17(3)11-4-5-11/h6-7,10-11H,4-5,8-9,15H2,1-3H3. The van der Waals surface area contributed by atoms with Gasteiger partial charge in [-0.15, -0.1) is 0 Å². The average Bonchev–Trinajstić information content (AvgIpc) is 3.24. The number of hydrogen-bond donors (Lipinski definition) is 1. The number of hydrogen-bond acceptors (Lipinski definition) is 5. The molecule has 1 aliphatic carbocycles. The van der Waals surface area contributed by atoms with Gasteiger partial charge in [0.15, 0.2) is 0 Å². The Hall–Kier alpha value is -1.31. The largest absolute Gasteiger partial charge is 0.490 e. The molecule has 0 bridgehead atoms. The molecule has 21 heavy (non-hydrogen) atoms. The fourth-order valence-electron chi connectivity index (χ4n) is 2.03. The number of rotatable bonds is 7. The van der Waals surface area contributed by atoms with Gasteiger partial charge in [-0.05, 0) is 38.1 Å². The van der Waals surface area contributed by atoms with Crippen LogP contribution < -0.4 is 10.5 Å². The minimum Gasteiger partial charge on any atom is -0.490 e. The van der Waals surface area contributed by atoms with Crippen molar-refractivity contribution >= 4 is 15.7 Å². The van der Waals surface area contributed by atoms with Crippen molar-refractivity contribution in [2.45, 2.75) is 23.8 Å². The van der Waals surface area contributed by atoms with Gasteiger partial charge in [-0.3, -0.25) is 0 Å². The van der Waals surface area contributed by atoms with Crippen LogP contribution in [0.2, 0.25) is 0 Å². The zero-order chi connectivity index (χ0) is 15.6. The molecule has 0 radical (unpaired) electrons. The van der Waals surface area contributed by atoms with Crippen LogP contribution in [0.4, 0.5) is 5.69 Å². The lowest BCUT2D eigenvalue weighted by molar-refractivity contribution is 0.232. The number of nitrogens with zero attached hydrogens (tertiary/aromatic N) is 2. The van der Waals surface area contributed by atoms with Gasteiger partial charge >= 0.3 is 0 Å². The molecule has 1 aromatic carbocycles. The van der Waals surface area contributed by atoms with E-state index in [1.54, 1.807) is 6.07 Å². The molecule has 1 aliphatic rings. The van der Waals surface area contributed by atoms with Crippen molar-refractivity contribution in [1.82, 2.24) is 9.21 Å². The highest BCUT2D eigenvalue weighted by atomic mass is 32.2. The highest BCUT2D eigenvalue weighted by Crippen LogP contribution is 2.27. The molecule has 0 aromatic heterocycles. The van der Waals surface area contributed by atoms with Gasteiger partial charge in [0.05, 0.1) is 10.6 Å². The first-order valence-electron chi connectivity index (χ1n) is 6.97. The van der Waals surface area contributed by atoms with Gasteiger partial charge in [-0.25, -0.2) is 12.7 Å². The minimum absolute atomic E-state index is 0.174. The SMILES string of the molecule is CN(CCOc1ccc(S(=O)(=O)N(C)C)cc1N)C1CC1. The molecule has 1 saturated carbocycles. The fourth-order valence-corrected chi connectivity index (χ4v) is 2.96. The van der Waals surface area contributed by atoms with E-state index >= 15 is 0 Å². The second kappa shape index (κ2) is 6.21. The van der Waals surface area contributed by atoms with Gasteiger partial charge in [0, 0.05) is 26.7 Å². The number of sulfonamides is 1. The molecule has 1 aromatic rings. The number of nitrogens with two attached hydrogens (primary N) is 1. The number of likely N-dealkylation sites (N-methyl/N-ethyl adjacent to an activating group) is 1. The number of anilines is 1. The first kappa shape index (κ1) is 16.1. The predicted molar refractivity (Wildman–Crippen MR) is 82.9 cm³/mol. The molecule has 6 nitrogen and oxygen atoms in total. The van der Waals surface area contributed by atoms with Gasteiger partial charge < -0.3 is 15.4 Å². The van der Waals surface area contributed by atoms with E-state index in [9.17, 15) is 8.42 Å². The lowest BCUT2D eigenvalue weighted by Crippen LogP contribution is -2.26. The van der Waals surface area contributed by atoms with Crippen LogP contribution in [-0.4, -0.2) is 58.0 Å². The lowest BCUT2D eigenvalue weighted by atomic mass is 10.3.